The second kappa shape index (κ2) is 8.07. The smallest absolute Gasteiger partial charge is 0.356 e. The number of pyridine rings is 1. The third-order valence-corrected chi connectivity index (χ3v) is 6.58. The van der Waals surface area contributed by atoms with E-state index in [1.807, 2.05) is 4.90 Å². The highest BCUT2D eigenvalue weighted by Crippen LogP contribution is 2.42. The fourth-order valence-electron chi connectivity index (χ4n) is 4.76. The Hall–Kier alpha value is -3.05. The maximum atomic E-state index is 13.0. The Bertz CT molecular complexity index is 1140. The fraction of sp³-hybridized carbons (Fsp3) is 0.524. The minimum Gasteiger partial charge on any atom is -0.356 e. The molecule has 3 aromatic heterocycles. The van der Waals surface area contributed by atoms with E-state index in [9.17, 15) is 22.0 Å². The summed E-state index contributed by atoms with van der Waals surface area (Å²) in [5.41, 5.74) is -0.0824. The number of halogens is 5. The van der Waals surface area contributed by atoms with Crippen LogP contribution in [0.4, 0.5) is 33.6 Å². The van der Waals surface area contributed by atoms with Crippen LogP contribution in [0.25, 0.3) is 11.2 Å². The molecule has 0 atom stereocenters. The molecule has 0 amide bonds. The van der Waals surface area contributed by atoms with E-state index < -0.39 is 24.8 Å². The van der Waals surface area contributed by atoms with E-state index in [1.165, 1.54) is 16.9 Å². The van der Waals surface area contributed by atoms with Gasteiger partial charge in [0.2, 0.25) is 0 Å². The average Bonchev–Trinajstić information content (AvgIpc) is 3.38. The Morgan fingerprint density at radius 3 is 2.36 bits per heavy atom. The fourth-order valence-corrected chi connectivity index (χ4v) is 4.76. The monoisotopic (exact) mass is 467 g/mol. The van der Waals surface area contributed by atoms with Crippen LogP contribution >= 0.6 is 0 Å². The van der Waals surface area contributed by atoms with Crippen LogP contribution in [0, 0.1) is 5.41 Å². The number of alkyl halides is 5. The van der Waals surface area contributed by atoms with Crippen molar-refractivity contribution in [2.45, 2.75) is 38.4 Å². The van der Waals surface area contributed by atoms with Gasteiger partial charge in [-0.3, -0.25) is 0 Å². The van der Waals surface area contributed by atoms with Crippen molar-refractivity contribution < 1.29 is 22.0 Å². The lowest BCUT2D eigenvalue weighted by Gasteiger charge is -2.39. The molecule has 3 aromatic rings. The highest BCUT2D eigenvalue weighted by Gasteiger charge is 2.42. The number of piperidine rings is 1. The van der Waals surface area contributed by atoms with Gasteiger partial charge in [0.05, 0.1) is 12.4 Å². The van der Waals surface area contributed by atoms with E-state index in [2.05, 4.69) is 25.0 Å². The minimum absolute atomic E-state index is 0.00138. The summed E-state index contributed by atoms with van der Waals surface area (Å²) in [4.78, 5) is 16.7. The number of hydrogen-bond acceptors (Lipinski definition) is 6. The maximum absolute atomic E-state index is 13.0. The maximum Gasteiger partial charge on any atom is 0.433 e. The molecule has 0 saturated carbocycles. The molecular formula is C21H22F5N7. The zero-order chi connectivity index (χ0) is 23.2. The molecule has 1 spiro atoms. The molecule has 12 heteroatoms. The highest BCUT2D eigenvalue weighted by atomic mass is 19.4. The van der Waals surface area contributed by atoms with Crippen LogP contribution in [0.2, 0.25) is 0 Å². The molecule has 2 fully saturated rings. The lowest BCUT2D eigenvalue weighted by molar-refractivity contribution is -0.141. The number of anilines is 2. The van der Waals surface area contributed by atoms with Crippen molar-refractivity contribution in [3.8, 4) is 0 Å². The summed E-state index contributed by atoms with van der Waals surface area (Å²) in [5, 5.41) is 3.95. The van der Waals surface area contributed by atoms with Gasteiger partial charge in [-0.15, -0.1) is 0 Å². The van der Waals surface area contributed by atoms with Gasteiger partial charge in [-0.25, -0.2) is 28.4 Å². The van der Waals surface area contributed by atoms with E-state index in [-0.39, 0.29) is 5.41 Å². The zero-order valence-corrected chi connectivity index (χ0v) is 17.6. The normalized spacial score (nSPS) is 18.7. The van der Waals surface area contributed by atoms with Gasteiger partial charge in [0.25, 0.3) is 6.43 Å². The van der Waals surface area contributed by atoms with Crippen molar-refractivity contribution >= 4 is 22.8 Å². The van der Waals surface area contributed by atoms with Crippen molar-refractivity contribution in [3.05, 3.63) is 36.3 Å². The van der Waals surface area contributed by atoms with Gasteiger partial charge in [-0.2, -0.15) is 18.3 Å². The molecule has 0 radical (unpaired) electrons. The molecule has 0 bridgehead atoms. The average molecular weight is 467 g/mol. The number of fused-ring (bicyclic) bond motifs is 1. The first-order valence-corrected chi connectivity index (χ1v) is 10.7. The third kappa shape index (κ3) is 4.30. The van der Waals surface area contributed by atoms with Crippen molar-refractivity contribution in [1.29, 1.82) is 0 Å². The van der Waals surface area contributed by atoms with Crippen LogP contribution in [0.5, 0.6) is 0 Å². The number of nitrogens with zero attached hydrogens (tertiary/aromatic N) is 7. The van der Waals surface area contributed by atoms with E-state index in [1.54, 1.807) is 12.3 Å². The van der Waals surface area contributed by atoms with Crippen LogP contribution < -0.4 is 9.80 Å². The molecule has 2 saturated heterocycles. The van der Waals surface area contributed by atoms with Gasteiger partial charge >= 0.3 is 6.18 Å². The Morgan fingerprint density at radius 2 is 1.67 bits per heavy atom. The summed E-state index contributed by atoms with van der Waals surface area (Å²) < 4.78 is 65.9. The first kappa shape index (κ1) is 21.8. The third-order valence-electron chi connectivity index (χ3n) is 6.58. The Labute approximate surface area is 186 Å². The zero-order valence-electron chi connectivity index (χ0n) is 17.6. The van der Waals surface area contributed by atoms with Crippen LogP contribution in [-0.4, -0.2) is 57.3 Å². The molecule has 5 heterocycles. The van der Waals surface area contributed by atoms with Gasteiger partial charge in [0.15, 0.2) is 5.65 Å². The quantitative estimate of drug-likeness (QED) is 0.541. The largest absolute Gasteiger partial charge is 0.433 e. The molecule has 5 rings (SSSR count). The van der Waals surface area contributed by atoms with E-state index in [4.69, 9.17) is 0 Å². The molecule has 0 unspecified atom stereocenters. The summed E-state index contributed by atoms with van der Waals surface area (Å²) in [6, 6.07) is 4.00. The summed E-state index contributed by atoms with van der Waals surface area (Å²) >= 11 is 0. The van der Waals surface area contributed by atoms with E-state index in [0.29, 0.717) is 49.0 Å². The summed E-state index contributed by atoms with van der Waals surface area (Å²) in [5.74, 6) is 0.968. The molecule has 0 aliphatic carbocycles. The highest BCUT2D eigenvalue weighted by molar-refractivity contribution is 5.71. The van der Waals surface area contributed by atoms with Crippen LogP contribution in [0.1, 0.15) is 25.0 Å². The first-order valence-electron chi connectivity index (χ1n) is 10.7. The van der Waals surface area contributed by atoms with Gasteiger partial charge in [-0.05, 0) is 36.8 Å². The minimum atomic E-state index is -4.47. The molecular weight excluding hydrogens is 445 g/mol. The molecule has 0 N–H and O–H groups in total. The van der Waals surface area contributed by atoms with Crippen molar-refractivity contribution in [2.75, 3.05) is 36.0 Å². The predicted molar refractivity (Wildman–Crippen MR) is 111 cm³/mol. The standard InChI is InChI=1S/C21H22F5N7/c22-16(23)12-33-19-14(10-28-33)27-11-18(30-19)31-7-4-20(5-8-31)6-9-32(13-20)17-3-1-2-15(29-17)21(24,25)26/h1-3,10-11,16H,4-9,12-13H2. The van der Waals surface area contributed by atoms with Crippen LogP contribution in [-0.2, 0) is 12.7 Å². The van der Waals surface area contributed by atoms with Crippen LogP contribution in [0.15, 0.2) is 30.6 Å². The predicted octanol–water partition coefficient (Wildman–Crippen LogP) is 4.00. The Kier molecular flexibility index (Phi) is 5.32. The number of rotatable bonds is 4. The Morgan fingerprint density at radius 1 is 0.939 bits per heavy atom. The van der Waals surface area contributed by atoms with Gasteiger partial charge in [-0.1, -0.05) is 6.07 Å². The summed E-state index contributed by atoms with van der Waals surface area (Å²) in [6.07, 6.45) is -1.38. The molecule has 2 aliphatic rings. The van der Waals surface area contributed by atoms with Gasteiger partial charge in [0, 0.05) is 26.2 Å². The molecule has 176 valence electrons. The van der Waals surface area contributed by atoms with Crippen molar-refractivity contribution in [1.82, 2.24) is 24.7 Å². The van der Waals surface area contributed by atoms with E-state index in [0.717, 1.165) is 25.3 Å². The molecule has 33 heavy (non-hydrogen) atoms. The lowest BCUT2D eigenvalue weighted by atomic mass is 9.78. The summed E-state index contributed by atoms with van der Waals surface area (Å²) in [7, 11) is 0. The van der Waals surface area contributed by atoms with Crippen molar-refractivity contribution in [2.24, 2.45) is 5.41 Å². The first-order chi connectivity index (χ1) is 15.7. The number of aromatic nitrogens is 5. The lowest BCUT2D eigenvalue weighted by Crippen LogP contribution is -2.42. The van der Waals surface area contributed by atoms with Gasteiger partial charge < -0.3 is 9.80 Å². The molecule has 2 aliphatic heterocycles. The van der Waals surface area contributed by atoms with Crippen molar-refractivity contribution in [3.63, 3.8) is 0 Å². The van der Waals surface area contributed by atoms with E-state index >= 15 is 0 Å². The SMILES string of the molecule is FC(F)Cn1ncc2ncc(N3CCC4(CCN(c5cccc(C(F)(F)F)n5)C4)CC3)nc21. The van der Waals surface area contributed by atoms with Crippen LogP contribution in [0.3, 0.4) is 0 Å². The summed E-state index contributed by atoms with van der Waals surface area (Å²) in [6.45, 7) is 2.18. The van der Waals surface area contributed by atoms with Gasteiger partial charge in [0.1, 0.15) is 29.4 Å². The number of hydrogen-bond donors (Lipinski definition) is 0. The second-order valence-corrected chi connectivity index (χ2v) is 8.69. The second-order valence-electron chi connectivity index (χ2n) is 8.69. The Balaban J connectivity index is 1.27. The molecule has 7 nitrogen and oxygen atoms in total. The topological polar surface area (TPSA) is 63.0 Å². The molecule has 0 aromatic carbocycles.